The van der Waals surface area contributed by atoms with Crippen LogP contribution in [0.5, 0.6) is 0 Å². The highest BCUT2D eigenvalue weighted by Crippen LogP contribution is 2.07. The van der Waals surface area contributed by atoms with E-state index in [1.807, 2.05) is 30.3 Å². The Bertz CT molecular complexity index is 368. The molecular formula is C10H14O3S. The van der Waals surface area contributed by atoms with Gasteiger partial charge in [0.2, 0.25) is 0 Å². The molecule has 0 fully saturated rings. The molecule has 0 radical (unpaired) electrons. The van der Waals surface area contributed by atoms with E-state index in [2.05, 4.69) is 0 Å². The summed E-state index contributed by atoms with van der Waals surface area (Å²) in [6.07, 6.45) is 0. The normalized spacial score (nSPS) is 11.9. The van der Waals surface area contributed by atoms with Crippen LogP contribution in [0, 0.1) is 0 Å². The van der Waals surface area contributed by atoms with E-state index in [9.17, 15) is 8.42 Å². The fourth-order valence-corrected chi connectivity index (χ4v) is 1.43. The van der Waals surface area contributed by atoms with Gasteiger partial charge in [-0.05, 0) is 19.4 Å². The molecule has 1 aromatic carbocycles. The highest BCUT2D eigenvalue weighted by Gasteiger charge is 2.16. The molecule has 0 saturated heterocycles. The van der Waals surface area contributed by atoms with Crippen LogP contribution < -0.4 is 0 Å². The molecule has 0 atom stereocenters. The summed E-state index contributed by atoms with van der Waals surface area (Å²) < 4.78 is 27.4. The van der Waals surface area contributed by atoms with E-state index in [4.69, 9.17) is 4.18 Å². The van der Waals surface area contributed by atoms with Crippen molar-refractivity contribution in [3.8, 4) is 0 Å². The van der Waals surface area contributed by atoms with Crippen LogP contribution in [0.4, 0.5) is 0 Å². The lowest BCUT2D eigenvalue weighted by Gasteiger charge is -2.07. The van der Waals surface area contributed by atoms with E-state index >= 15 is 0 Å². The van der Waals surface area contributed by atoms with E-state index < -0.39 is 15.4 Å². The Kier molecular flexibility index (Phi) is 3.66. The molecule has 4 heteroatoms. The highest BCUT2D eigenvalue weighted by molar-refractivity contribution is 7.87. The Balaban J connectivity index is 2.58. The van der Waals surface area contributed by atoms with Gasteiger partial charge in [0.15, 0.2) is 0 Å². The summed E-state index contributed by atoms with van der Waals surface area (Å²) in [5, 5.41) is -0.494. The molecule has 0 amide bonds. The third-order valence-corrected chi connectivity index (χ3v) is 3.41. The maximum atomic E-state index is 11.3. The first kappa shape index (κ1) is 11.2. The summed E-state index contributed by atoms with van der Waals surface area (Å²) in [4.78, 5) is 0. The molecule has 0 aromatic heterocycles. The van der Waals surface area contributed by atoms with Gasteiger partial charge in [0.1, 0.15) is 0 Å². The Morgan fingerprint density at radius 1 is 1.21 bits per heavy atom. The number of hydrogen-bond acceptors (Lipinski definition) is 3. The fraction of sp³-hybridized carbons (Fsp3) is 0.400. The Labute approximate surface area is 84.8 Å². The summed E-state index contributed by atoms with van der Waals surface area (Å²) in [6.45, 7) is 3.31. The average molecular weight is 214 g/mol. The van der Waals surface area contributed by atoms with Crippen molar-refractivity contribution < 1.29 is 12.6 Å². The van der Waals surface area contributed by atoms with E-state index in [1.165, 1.54) is 0 Å². The van der Waals surface area contributed by atoms with Crippen molar-refractivity contribution in [1.82, 2.24) is 0 Å². The first-order chi connectivity index (χ1) is 6.52. The minimum atomic E-state index is -3.40. The minimum Gasteiger partial charge on any atom is -0.265 e. The van der Waals surface area contributed by atoms with Crippen LogP contribution in [0.3, 0.4) is 0 Å². The predicted molar refractivity (Wildman–Crippen MR) is 55.3 cm³/mol. The molecule has 0 aliphatic rings. The zero-order valence-corrected chi connectivity index (χ0v) is 9.12. The van der Waals surface area contributed by atoms with Gasteiger partial charge in [-0.25, -0.2) is 0 Å². The van der Waals surface area contributed by atoms with Gasteiger partial charge in [-0.15, -0.1) is 0 Å². The van der Waals surface area contributed by atoms with Crippen LogP contribution in [0.15, 0.2) is 30.3 Å². The van der Waals surface area contributed by atoms with Crippen LogP contribution in [0.2, 0.25) is 0 Å². The lowest BCUT2D eigenvalue weighted by atomic mass is 10.2. The van der Waals surface area contributed by atoms with E-state index in [-0.39, 0.29) is 6.61 Å². The van der Waals surface area contributed by atoms with Gasteiger partial charge >= 0.3 is 0 Å². The molecule has 0 heterocycles. The summed E-state index contributed by atoms with van der Waals surface area (Å²) in [5.74, 6) is 0. The van der Waals surface area contributed by atoms with Crippen molar-refractivity contribution in [2.75, 3.05) is 0 Å². The van der Waals surface area contributed by atoms with Crippen molar-refractivity contribution in [2.45, 2.75) is 25.7 Å². The Hall–Kier alpha value is -0.870. The molecule has 78 valence electrons. The summed E-state index contributed by atoms with van der Waals surface area (Å²) in [7, 11) is -3.40. The van der Waals surface area contributed by atoms with Crippen LogP contribution in [-0.4, -0.2) is 13.7 Å². The SMILES string of the molecule is CC(C)S(=O)(=O)OCc1ccccc1. The molecule has 0 N–H and O–H groups in total. The van der Waals surface area contributed by atoms with Gasteiger partial charge in [-0.1, -0.05) is 30.3 Å². The third kappa shape index (κ3) is 3.12. The van der Waals surface area contributed by atoms with E-state index in [0.29, 0.717) is 0 Å². The largest absolute Gasteiger partial charge is 0.269 e. The van der Waals surface area contributed by atoms with Crippen molar-refractivity contribution in [3.05, 3.63) is 35.9 Å². The fourth-order valence-electron chi connectivity index (χ4n) is 0.860. The molecule has 0 bridgehead atoms. The monoisotopic (exact) mass is 214 g/mol. The number of rotatable bonds is 4. The van der Waals surface area contributed by atoms with Crippen molar-refractivity contribution in [1.29, 1.82) is 0 Å². The molecule has 1 aromatic rings. The predicted octanol–water partition coefficient (Wildman–Crippen LogP) is 1.94. The smallest absolute Gasteiger partial charge is 0.265 e. The standard InChI is InChI=1S/C10H14O3S/c1-9(2)14(11,12)13-8-10-6-4-3-5-7-10/h3-7,9H,8H2,1-2H3. The summed E-state index contributed by atoms with van der Waals surface area (Å²) in [6, 6.07) is 9.23. The van der Waals surface area contributed by atoms with Gasteiger partial charge in [-0.3, -0.25) is 4.18 Å². The second-order valence-corrected chi connectivity index (χ2v) is 5.45. The van der Waals surface area contributed by atoms with Gasteiger partial charge in [0, 0.05) is 0 Å². The van der Waals surface area contributed by atoms with Crippen molar-refractivity contribution in [2.24, 2.45) is 0 Å². The first-order valence-electron chi connectivity index (χ1n) is 4.44. The molecule has 1 rings (SSSR count). The van der Waals surface area contributed by atoms with Crippen LogP contribution in [0.1, 0.15) is 19.4 Å². The number of hydrogen-bond donors (Lipinski definition) is 0. The molecule has 0 aliphatic heterocycles. The Morgan fingerprint density at radius 3 is 2.29 bits per heavy atom. The maximum Gasteiger partial charge on any atom is 0.269 e. The zero-order chi connectivity index (χ0) is 10.6. The Morgan fingerprint density at radius 2 is 1.79 bits per heavy atom. The highest BCUT2D eigenvalue weighted by atomic mass is 32.2. The van der Waals surface area contributed by atoms with Gasteiger partial charge < -0.3 is 0 Å². The molecule has 0 spiro atoms. The van der Waals surface area contributed by atoms with Crippen molar-refractivity contribution in [3.63, 3.8) is 0 Å². The molecule has 0 unspecified atom stereocenters. The first-order valence-corrected chi connectivity index (χ1v) is 5.91. The van der Waals surface area contributed by atoms with Crippen molar-refractivity contribution >= 4 is 10.1 Å². The van der Waals surface area contributed by atoms with E-state index in [0.717, 1.165) is 5.56 Å². The number of benzene rings is 1. The maximum absolute atomic E-state index is 11.3. The molecule has 14 heavy (non-hydrogen) atoms. The molecule has 3 nitrogen and oxygen atoms in total. The van der Waals surface area contributed by atoms with Gasteiger partial charge in [0.05, 0.1) is 11.9 Å². The second kappa shape index (κ2) is 4.57. The lowest BCUT2D eigenvalue weighted by Crippen LogP contribution is -2.16. The molecular weight excluding hydrogens is 200 g/mol. The average Bonchev–Trinajstić information content (AvgIpc) is 2.16. The third-order valence-electron chi connectivity index (χ3n) is 1.81. The quantitative estimate of drug-likeness (QED) is 0.719. The minimum absolute atomic E-state index is 0.112. The van der Waals surface area contributed by atoms with Gasteiger partial charge in [0.25, 0.3) is 10.1 Å². The topological polar surface area (TPSA) is 43.4 Å². The zero-order valence-electron chi connectivity index (χ0n) is 8.30. The van der Waals surface area contributed by atoms with Crippen LogP contribution in [-0.2, 0) is 20.9 Å². The molecule has 0 aliphatic carbocycles. The lowest BCUT2D eigenvalue weighted by molar-refractivity contribution is 0.304. The second-order valence-electron chi connectivity index (χ2n) is 3.29. The summed E-state index contributed by atoms with van der Waals surface area (Å²) in [5.41, 5.74) is 0.858. The summed E-state index contributed by atoms with van der Waals surface area (Å²) >= 11 is 0. The van der Waals surface area contributed by atoms with Gasteiger partial charge in [-0.2, -0.15) is 8.42 Å². The van der Waals surface area contributed by atoms with E-state index in [1.54, 1.807) is 13.8 Å². The van der Waals surface area contributed by atoms with Crippen LogP contribution >= 0.6 is 0 Å². The van der Waals surface area contributed by atoms with Crippen LogP contribution in [0.25, 0.3) is 0 Å². The molecule has 0 saturated carbocycles.